The van der Waals surface area contributed by atoms with Crippen molar-refractivity contribution < 1.29 is 39.9 Å². The Morgan fingerprint density at radius 1 is 0.978 bits per heavy atom. The third-order valence-electron chi connectivity index (χ3n) is 7.38. The Morgan fingerprint density at radius 3 is 2.36 bits per heavy atom. The molecule has 238 valence electrons. The van der Waals surface area contributed by atoms with E-state index in [1.165, 1.54) is 31.2 Å². The number of benzene rings is 2. The number of carbonyl (C=O) groups is 1. The number of carbonyl (C=O) groups excluding carboxylic acids is 1. The molecular formula is C30H28F5N5O4S. The third-order valence-corrected chi connectivity index (χ3v) is 9.31. The maximum absolute atomic E-state index is 14.0. The molecule has 4 aromatic rings. The molecule has 0 radical (unpaired) electrons. The van der Waals surface area contributed by atoms with E-state index < -0.39 is 40.0 Å². The summed E-state index contributed by atoms with van der Waals surface area (Å²) in [6.07, 6.45) is -2.09. The molecule has 1 N–H and O–H groups in total. The van der Waals surface area contributed by atoms with Crippen LogP contribution in [0.25, 0.3) is 10.9 Å². The second-order valence-corrected chi connectivity index (χ2v) is 12.2. The largest absolute Gasteiger partial charge is 0.573 e. The predicted molar refractivity (Wildman–Crippen MR) is 155 cm³/mol. The van der Waals surface area contributed by atoms with Gasteiger partial charge in [0, 0.05) is 55.9 Å². The van der Waals surface area contributed by atoms with Gasteiger partial charge in [-0.25, -0.2) is 22.2 Å². The van der Waals surface area contributed by atoms with Crippen LogP contribution in [0.4, 0.5) is 27.8 Å². The molecule has 0 unspecified atom stereocenters. The predicted octanol–water partition coefficient (Wildman–Crippen LogP) is 5.23. The molecule has 1 aliphatic rings. The number of sulfonamides is 1. The Balaban J connectivity index is 1.40. The third kappa shape index (κ3) is 7.31. The summed E-state index contributed by atoms with van der Waals surface area (Å²) in [5.74, 6) is -3.74. The van der Waals surface area contributed by atoms with Crippen molar-refractivity contribution >= 4 is 32.7 Å². The highest BCUT2D eigenvalue weighted by Gasteiger charge is 2.41. The molecule has 1 saturated heterocycles. The van der Waals surface area contributed by atoms with Gasteiger partial charge in [-0.2, -0.15) is 4.31 Å². The molecule has 5 rings (SSSR count). The first-order valence-corrected chi connectivity index (χ1v) is 15.3. The summed E-state index contributed by atoms with van der Waals surface area (Å²) in [5.41, 5.74) is 1.01. The Bertz CT molecular complexity index is 1770. The minimum atomic E-state index is -4.95. The molecule has 0 bridgehead atoms. The summed E-state index contributed by atoms with van der Waals surface area (Å²) in [6, 6.07) is 13.2. The van der Waals surface area contributed by atoms with Crippen molar-refractivity contribution in [3.05, 3.63) is 90.3 Å². The lowest BCUT2D eigenvalue weighted by Gasteiger charge is -2.40. The molecule has 0 saturated carbocycles. The van der Waals surface area contributed by atoms with Crippen LogP contribution in [0, 0.1) is 0 Å². The molecule has 15 heteroatoms. The molecule has 0 spiro atoms. The number of ether oxygens (including phenoxy) is 1. The zero-order valence-corrected chi connectivity index (χ0v) is 24.7. The zero-order chi connectivity index (χ0) is 32.4. The Morgan fingerprint density at radius 2 is 1.69 bits per heavy atom. The highest BCUT2D eigenvalue weighted by Crippen LogP contribution is 2.32. The summed E-state index contributed by atoms with van der Waals surface area (Å²) in [5, 5.41) is 3.49. The number of amides is 1. The van der Waals surface area contributed by atoms with Crippen molar-refractivity contribution in [1.82, 2.24) is 19.6 Å². The fourth-order valence-electron chi connectivity index (χ4n) is 4.93. The molecule has 0 aliphatic carbocycles. The summed E-state index contributed by atoms with van der Waals surface area (Å²) in [6.45, 7) is 1.24. The molecule has 45 heavy (non-hydrogen) atoms. The van der Waals surface area contributed by atoms with E-state index in [1.807, 2.05) is 0 Å². The van der Waals surface area contributed by atoms with Crippen molar-refractivity contribution in [1.29, 1.82) is 0 Å². The number of nitrogens with one attached hydrogen (secondary N) is 1. The number of anilines is 1. The average Bonchev–Trinajstić information content (AvgIpc) is 3.02. The van der Waals surface area contributed by atoms with Crippen molar-refractivity contribution in [2.24, 2.45) is 0 Å². The van der Waals surface area contributed by atoms with Gasteiger partial charge in [-0.15, -0.1) is 13.2 Å². The van der Waals surface area contributed by atoms with E-state index in [-0.39, 0.29) is 43.1 Å². The lowest BCUT2D eigenvalue weighted by atomic mass is 10.0. The van der Waals surface area contributed by atoms with Crippen LogP contribution in [-0.2, 0) is 27.3 Å². The van der Waals surface area contributed by atoms with Gasteiger partial charge in [0.25, 0.3) is 5.92 Å². The van der Waals surface area contributed by atoms with Gasteiger partial charge in [-0.1, -0.05) is 31.2 Å². The first-order chi connectivity index (χ1) is 21.3. The Hall–Kier alpha value is -4.37. The van der Waals surface area contributed by atoms with Crippen LogP contribution in [-0.4, -0.2) is 60.6 Å². The van der Waals surface area contributed by atoms with E-state index in [9.17, 15) is 35.2 Å². The smallest absolute Gasteiger partial charge is 0.406 e. The lowest BCUT2D eigenvalue weighted by Crippen LogP contribution is -2.60. The number of alkyl halides is 5. The van der Waals surface area contributed by atoms with Crippen LogP contribution in [0.3, 0.4) is 0 Å². The van der Waals surface area contributed by atoms with E-state index in [0.29, 0.717) is 16.9 Å². The standard InChI is InChI=1S/C30H28F5N5O4S/c1-2-29(31,32)22-6-3-20(4-7-22)17-37-28(41)26-19-39(27-12-5-21-18-36-14-13-25(21)38-27)15-16-40(26)45(42,43)24-10-8-23(9-11-24)44-30(33,34)35/h3-14,18,26H,2,15-17,19H2,1H3,(H,37,41)/t26-/m1/s1. The topological polar surface area (TPSA) is 105 Å². The molecule has 1 atom stereocenters. The number of halogens is 5. The van der Waals surface area contributed by atoms with Crippen molar-refractivity contribution in [3.63, 3.8) is 0 Å². The molecular weight excluding hydrogens is 621 g/mol. The van der Waals surface area contributed by atoms with E-state index in [1.54, 1.807) is 35.5 Å². The van der Waals surface area contributed by atoms with Crippen LogP contribution in [0.5, 0.6) is 5.75 Å². The molecule has 2 aromatic carbocycles. The van der Waals surface area contributed by atoms with Gasteiger partial charge >= 0.3 is 6.36 Å². The van der Waals surface area contributed by atoms with Crippen LogP contribution < -0.4 is 15.0 Å². The number of nitrogens with zero attached hydrogens (tertiary/aromatic N) is 4. The monoisotopic (exact) mass is 649 g/mol. The molecule has 9 nitrogen and oxygen atoms in total. The highest BCUT2D eigenvalue weighted by atomic mass is 32.2. The quantitative estimate of drug-likeness (QED) is 0.248. The second-order valence-electron chi connectivity index (χ2n) is 10.3. The number of rotatable bonds is 9. The van der Waals surface area contributed by atoms with Gasteiger partial charge < -0.3 is 15.0 Å². The van der Waals surface area contributed by atoms with Crippen molar-refractivity contribution in [3.8, 4) is 5.75 Å². The molecule has 1 aliphatic heterocycles. The van der Waals surface area contributed by atoms with Crippen molar-refractivity contribution in [2.75, 3.05) is 24.5 Å². The number of hydrogen-bond donors (Lipinski definition) is 1. The molecule has 3 heterocycles. The summed E-state index contributed by atoms with van der Waals surface area (Å²) in [7, 11) is -4.37. The van der Waals surface area contributed by atoms with Gasteiger partial charge in [0.05, 0.1) is 10.4 Å². The molecule has 1 fully saturated rings. The Kier molecular flexibility index (Phi) is 8.94. The molecule has 1 amide bonds. The minimum Gasteiger partial charge on any atom is -0.406 e. The van der Waals surface area contributed by atoms with E-state index in [2.05, 4.69) is 20.0 Å². The number of fused-ring (bicyclic) bond motifs is 1. The number of hydrogen-bond acceptors (Lipinski definition) is 7. The average molecular weight is 650 g/mol. The number of aromatic nitrogens is 2. The van der Waals surface area contributed by atoms with Crippen LogP contribution >= 0.6 is 0 Å². The van der Waals surface area contributed by atoms with Crippen LogP contribution in [0.1, 0.15) is 24.5 Å². The van der Waals surface area contributed by atoms with E-state index >= 15 is 0 Å². The number of piperazine rings is 1. The fourth-order valence-corrected chi connectivity index (χ4v) is 6.50. The summed E-state index contributed by atoms with van der Waals surface area (Å²) in [4.78, 5) is 23.7. The SMILES string of the molecule is CCC(F)(F)c1ccc(CNC(=O)[C@H]2CN(c3ccc4cnccc4n3)CCN2S(=O)(=O)c2ccc(OC(F)(F)F)cc2)cc1. The summed E-state index contributed by atoms with van der Waals surface area (Å²) >= 11 is 0. The van der Waals surface area contributed by atoms with Crippen LogP contribution in [0.15, 0.2) is 84.0 Å². The summed E-state index contributed by atoms with van der Waals surface area (Å²) < 4.78 is 98.2. The van der Waals surface area contributed by atoms with Crippen LogP contribution in [0.2, 0.25) is 0 Å². The van der Waals surface area contributed by atoms with Gasteiger partial charge in [0.1, 0.15) is 17.6 Å². The van der Waals surface area contributed by atoms with Crippen molar-refractivity contribution in [2.45, 2.75) is 43.1 Å². The highest BCUT2D eigenvalue weighted by molar-refractivity contribution is 7.89. The normalized spacial score (nSPS) is 16.5. The lowest BCUT2D eigenvalue weighted by molar-refractivity contribution is -0.274. The maximum Gasteiger partial charge on any atom is 0.573 e. The van der Waals surface area contributed by atoms with Gasteiger partial charge in [0.15, 0.2) is 0 Å². The first-order valence-electron chi connectivity index (χ1n) is 13.9. The zero-order valence-electron chi connectivity index (χ0n) is 23.8. The molecule has 2 aromatic heterocycles. The maximum atomic E-state index is 14.0. The first kappa shape index (κ1) is 32.0. The fraction of sp³-hybridized carbons (Fsp3) is 0.300. The number of pyridine rings is 2. The van der Waals surface area contributed by atoms with Gasteiger partial charge in [-0.3, -0.25) is 9.78 Å². The second kappa shape index (κ2) is 12.6. The van der Waals surface area contributed by atoms with Gasteiger partial charge in [-0.05, 0) is 48.0 Å². The van der Waals surface area contributed by atoms with E-state index in [0.717, 1.165) is 34.0 Å². The van der Waals surface area contributed by atoms with Gasteiger partial charge in [0.2, 0.25) is 15.9 Å². The van der Waals surface area contributed by atoms with E-state index in [4.69, 9.17) is 0 Å². The Labute approximate surface area is 255 Å². The minimum absolute atomic E-state index is 0.0636.